The zero-order valence-corrected chi connectivity index (χ0v) is 7.08. The molecule has 2 saturated carbocycles. The fourth-order valence-electron chi connectivity index (χ4n) is 3.29. The molecule has 2 nitrogen and oxygen atoms in total. The smallest absolute Gasteiger partial charge is 0.312 e. The molecule has 1 heterocycles. The third-order valence-corrected chi connectivity index (χ3v) is 3.89. The summed E-state index contributed by atoms with van der Waals surface area (Å²) in [6.45, 7) is 0.663. The number of fused-ring (bicyclic) bond motifs is 3. The highest BCUT2D eigenvalue weighted by Gasteiger charge is 2.58. The molecule has 3 fully saturated rings. The first-order valence-corrected chi connectivity index (χ1v) is 4.82. The van der Waals surface area contributed by atoms with Crippen LogP contribution in [-0.4, -0.2) is 12.6 Å². The van der Waals surface area contributed by atoms with E-state index in [1.54, 1.807) is 0 Å². The van der Waals surface area contributed by atoms with Crippen LogP contribution in [-0.2, 0) is 9.53 Å². The lowest BCUT2D eigenvalue weighted by atomic mass is 9.72. The summed E-state index contributed by atoms with van der Waals surface area (Å²) in [7, 11) is 0. The molecule has 1 spiro atoms. The highest BCUT2D eigenvalue weighted by Crippen LogP contribution is 2.59. The zero-order chi connectivity index (χ0) is 8.18. The van der Waals surface area contributed by atoms with Crippen molar-refractivity contribution in [2.24, 2.45) is 17.3 Å². The quantitative estimate of drug-likeness (QED) is 0.509. The van der Waals surface area contributed by atoms with Crippen LogP contribution in [0.15, 0.2) is 0 Å². The molecule has 0 aromatic rings. The number of rotatable bonds is 0. The number of ether oxygens (including phenoxy) is 1. The largest absolute Gasteiger partial charge is 0.465 e. The molecule has 1 radical (unpaired) electrons. The Morgan fingerprint density at radius 1 is 1.58 bits per heavy atom. The van der Waals surface area contributed by atoms with Gasteiger partial charge in [0.15, 0.2) is 0 Å². The van der Waals surface area contributed by atoms with Crippen molar-refractivity contribution in [2.75, 3.05) is 6.61 Å². The summed E-state index contributed by atoms with van der Waals surface area (Å²) >= 11 is 0. The Morgan fingerprint density at radius 3 is 3.00 bits per heavy atom. The van der Waals surface area contributed by atoms with Gasteiger partial charge in [0.1, 0.15) is 0 Å². The normalized spacial score (nSPS) is 50.5. The maximum atomic E-state index is 11.5. The topological polar surface area (TPSA) is 26.3 Å². The van der Waals surface area contributed by atoms with Gasteiger partial charge in [-0.15, -0.1) is 0 Å². The molecule has 1 aliphatic heterocycles. The molecule has 65 valence electrons. The summed E-state index contributed by atoms with van der Waals surface area (Å²) < 4.78 is 5.08. The summed E-state index contributed by atoms with van der Waals surface area (Å²) in [5.74, 6) is 1.43. The SMILES string of the molecule is O=C1OCCC12CC1C[CH]C2C1. The number of esters is 1. The van der Waals surface area contributed by atoms with Gasteiger partial charge in [0.05, 0.1) is 12.0 Å². The van der Waals surface area contributed by atoms with Crippen molar-refractivity contribution in [1.29, 1.82) is 0 Å². The molecule has 3 atom stereocenters. The van der Waals surface area contributed by atoms with E-state index in [1.807, 2.05) is 0 Å². The number of hydrogen-bond donors (Lipinski definition) is 0. The zero-order valence-electron chi connectivity index (χ0n) is 7.08. The van der Waals surface area contributed by atoms with E-state index in [4.69, 9.17) is 4.74 Å². The van der Waals surface area contributed by atoms with Crippen LogP contribution >= 0.6 is 0 Å². The summed E-state index contributed by atoms with van der Waals surface area (Å²) in [6, 6.07) is 0. The van der Waals surface area contributed by atoms with Gasteiger partial charge in [-0.05, 0) is 43.9 Å². The number of carbonyl (C=O) groups is 1. The van der Waals surface area contributed by atoms with E-state index in [9.17, 15) is 4.79 Å². The van der Waals surface area contributed by atoms with Crippen LogP contribution in [0, 0.1) is 23.7 Å². The van der Waals surface area contributed by atoms with E-state index in [1.165, 1.54) is 12.8 Å². The van der Waals surface area contributed by atoms with Crippen molar-refractivity contribution in [1.82, 2.24) is 0 Å². The van der Waals surface area contributed by atoms with Gasteiger partial charge in [0, 0.05) is 0 Å². The van der Waals surface area contributed by atoms with Crippen LogP contribution < -0.4 is 0 Å². The Balaban J connectivity index is 1.96. The lowest BCUT2D eigenvalue weighted by molar-refractivity contribution is -0.147. The fourth-order valence-corrected chi connectivity index (χ4v) is 3.29. The molecule has 2 bridgehead atoms. The molecule has 1 saturated heterocycles. The molecular weight excluding hydrogens is 152 g/mol. The average molecular weight is 165 g/mol. The van der Waals surface area contributed by atoms with Crippen molar-refractivity contribution in [2.45, 2.75) is 25.7 Å². The van der Waals surface area contributed by atoms with Gasteiger partial charge in [-0.3, -0.25) is 4.79 Å². The molecule has 2 aliphatic carbocycles. The van der Waals surface area contributed by atoms with Gasteiger partial charge in [0.25, 0.3) is 0 Å². The molecule has 0 amide bonds. The van der Waals surface area contributed by atoms with Gasteiger partial charge in [-0.2, -0.15) is 0 Å². The molecular formula is C10H13O2. The molecule has 3 rings (SSSR count). The molecule has 0 aromatic heterocycles. The van der Waals surface area contributed by atoms with E-state index in [-0.39, 0.29) is 11.4 Å². The number of cyclic esters (lactones) is 1. The fraction of sp³-hybridized carbons (Fsp3) is 0.800. The molecule has 0 aromatic carbocycles. The maximum absolute atomic E-state index is 11.5. The summed E-state index contributed by atoms with van der Waals surface area (Å²) in [5, 5.41) is 0. The minimum Gasteiger partial charge on any atom is -0.465 e. The van der Waals surface area contributed by atoms with Crippen molar-refractivity contribution >= 4 is 5.97 Å². The molecule has 12 heavy (non-hydrogen) atoms. The monoisotopic (exact) mass is 165 g/mol. The van der Waals surface area contributed by atoms with Gasteiger partial charge in [-0.25, -0.2) is 0 Å². The third kappa shape index (κ3) is 0.644. The van der Waals surface area contributed by atoms with Gasteiger partial charge in [0.2, 0.25) is 0 Å². The first kappa shape index (κ1) is 6.93. The molecule has 0 N–H and O–H groups in total. The number of hydrogen-bond acceptors (Lipinski definition) is 2. The van der Waals surface area contributed by atoms with E-state index in [2.05, 4.69) is 6.42 Å². The minimum absolute atomic E-state index is 0.0527. The van der Waals surface area contributed by atoms with Crippen LogP contribution in [0.3, 0.4) is 0 Å². The standard InChI is InChI=1S/C10H13O2/c11-9-10(3-4-12-9)6-7-1-2-8(10)5-7/h2,7-8H,1,3-6H2. The lowest BCUT2D eigenvalue weighted by Gasteiger charge is -2.28. The maximum Gasteiger partial charge on any atom is 0.312 e. The van der Waals surface area contributed by atoms with E-state index in [0.29, 0.717) is 12.5 Å². The molecule has 3 unspecified atom stereocenters. The van der Waals surface area contributed by atoms with E-state index in [0.717, 1.165) is 18.8 Å². The van der Waals surface area contributed by atoms with Gasteiger partial charge >= 0.3 is 5.97 Å². The summed E-state index contributed by atoms with van der Waals surface area (Å²) in [6.07, 6.45) is 6.91. The predicted molar refractivity (Wildman–Crippen MR) is 43.1 cm³/mol. The Kier molecular flexibility index (Phi) is 1.18. The molecule has 2 heteroatoms. The van der Waals surface area contributed by atoms with Crippen LogP contribution in [0.2, 0.25) is 0 Å². The van der Waals surface area contributed by atoms with E-state index < -0.39 is 0 Å². The van der Waals surface area contributed by atoms with Crippen LogP contribution in [0.4, 0.5) is 0 Å². The van der Waals surface area contributed by atoms with Crippen LogP contribution in [0.1, 0.15) is 25.7 Å². The van der Waals surface area contributed by atoms with Crippen molar-refractivity contribution in [3.8, 4) is 0 Å². The van der Waals surface area contributed by atoms with Gasteiger partial charge in [-0.1, -0.05) is 0 Å². The van der Waals surface area contributed by atoms with Gasteiger partial charge < -0.3 is 4.74 Å². The predicted octanol–water partition coefficient (Wildman–Crippen LogP) is 1.55. The van der Waals surface area contributed by atoms with Crippen molar-refractivity contribution in [3.05, 3.63) is 6.42 Å². The Bertz CT molecular complexity index is 236. The van der Waals surface area contributed by atoms with Crippen molar-refractivity contribution in [3.63, 3.8) is 0 Å². The summed E-state index contributed by atoms with van der Waals surface area (Å²) in [4.78, 5) is 11.5. The second kappa shape index (κ2) is 2.04. The summed E-state index contributed by atoms with van der Waals surface area (Å²) in [5.41, 5.74) is -0.0527. The second-order valence-corrected chi connectivity index (χ2v) is 4.43. The first-order chi connectivity index (χ1) is 5.81. The van der Waals surface area contributed by atoms with Crippen molar-refractivity contribution < 1.29 is 9.53 Å². The van der Waals surface area contributed by atoms with Crippen LogP contribution in [0.25, 0.3) is 0 Å². The Morgan fingerprint density at radius 2 is 2.50 bits per heavy atom. The van der Waals surface area contributed by atoms with Crippen LogP contribution in [0.5, 0.6) is 0 Å². The Hall–Kier alpha value is -0.530. The van der Waals surface area contributed by atoms with E-state index >= 15 is 0 Å². The highest BCUT2D eigenvalue weighted by atomic mass is 16.5. The Labute approximate surface area is 72.3 Å². The third-order valence-electron chi connectivity index (χ3n) is 3.89. The first-order valence-electron chi connectivity index (χ1n) is 4.82. The molecule has 3 aliphatic rings. The second-order valence-electron chi connectivity index (χ2n) is 4.43. The lowest BCUT2D eigenvalue weighted by Crippen LogP contribution is -2.32. The number of carbonyl (C=O) groups excluding carboxylic acids is 1. The average Bonchev–Trinajstić information content (AvgIpc) is 2.69. The minimum atomic E-state index is -0.0527. The highest BCUT2D eigenvalue weighted by molar-refractivity contribution is 5.80.